The first-order valence-corrected chi connectivity index (χ1v) is 6.99. The topological polar surface area (TPSA) is 105 Å². The number of carboxylic acid groups (broad SMARTS) is 2. The second-order valence-electron chi connectivity index (χ2n) is 4.49. The molecule has 2 rings (SSSR count). The van der Waals surface area contributed by atoms with Crippen LogP contribution in [0.2, 0.25) is 10.0 Å². The molecule has 1 aromatic rings. The highest BCUT2D eigenvalue weighted by molar-refractivity contribution is 6.42. The van der Waals surface area contributed by atoms with Gasteiger partial charge in [0.15, 0.2) is 0 Å². The average molecular weight is 360 g/mol. The molecule has 0 saturated carbocycles. The van der Waals surface area contributed by atoms with Gasteiger partial charge in [0.1, 0.15) is 17.4 Å². The average Bonchev–Trinajstić information content (AvgIpc) is 2.45. The summed E-state index contributed by atoms with van der Waals surface area (Å²) in [4.78, 5) is 21.8. The van der Waals surface area contributed by atoms with E-state index in [1.165, 1.54) is 6.20 Å². The number of halogens is 2. The summed E-state index contributed by atoms with van der Waals surface area (Å²) in [6.45, 7) is 1.57. The zero-order valence-electron chi connectivity index (χ0n) is 11.7. The Labute approximate surface area is 140 Å². The van der Waals surface area contributed by atoms with E-state index in [2.05, 4.69) is 5.32 Å². The van der Waals surface area contributed by atoms with Crippen molar-refractivity contribution in [3.05, 3.63) is 57.2 Å². The molecule has 122 valence electrons. The summed E-state index contributed by atoms with van der Waals surface area (Å²) >= 11 is 12.1. The maximum Gasteiger partial charge on any atom is 0.511 e. The molecule has 0 amide bonds. The molecular weight excluding hydrogens is 349 g/mol. The molecule has 3 N–H and O–H groups in total. The molecule has 1 heterocycles. The Balaban J connectivity index is 2.58. The second-order valence-corrected chi connectivity index (χ2v) is 5.28. The molecule has 7 nitrogen and oxygen atoms in total. The molecule has 0 bridgehead atoms. The first kappa shape index (κ1) is 17.0. The number of dihydropyridines is 1. The van der Waals surface area contributed by atoms with Crippen LogP contribution in [0.3, 0.4) is 0 Å². The lowest BCUT2D eigenvalue weighted by molar-refractivity contribution is 0.0991. The molecular formula is C14H11Cl2NO6. The summed E-state index contributed by atoms with van der Waals surface area (Å²) in [7, 11) is 0. The maximum atomic E-state index is 11.0. The fourth-order valence-corrected chi connectivity index (χ4v) is 2.55. The van der Waals surface area contributed by atoms with E-state index >= 15 is 0 Å². The van der Waals surface area contributed by atoms with Crippen LogP contribution < -0.4 is 5.32 Å². The van der Waals surface area contributed by atoms with E-state index in [1.54, 1.807) is 25.1 Å². The molecule has 23 heavy (non-hydrogen) atoms. The predicted octanol–water partition coefficient (Wildman–Crippen LogP) is 4.14. The summed E-state index contributed by atoms with van der Waals surface area (Å²) in [5, 5.41) is 20.8. The van der Waals surface area contributed by atoms with Crippen LogP contribution in [0.25, 0.3) is 0 Å². The smallest absolute Gasteiger partial charge is 0.449 e. The van der Waals surface area contributed by atoms with Crippen LogP contribution in [0.4, 0.5) is 9.59 Å². The molecule has 0 fully saturated rings. The Morgan fingerprint density at radius 3 is 2.43 bits per heavy atom. The molecule has 9 heteroatoms. The van der Waals surface area contributed by atoms with E-state index in [0.29, 0.717) is 11.3 Å². The standard InChI is InChI=1S/C14H11Cl2NO6/c1-6-12(23-14(20)21)10(9(5-17-6)22-13(18)19)7-3-2-4-8(15)11(7)16/h2-5,10,17H,1H3,(H,18,19)(H,20,21). The van der Waals surface area contributed by atoms with Crippen LogP contribution in [0.5, 0.6) is 0 Å². The van der Waals surface area contributed by atoms with E-state index in [4.69, 9.17) is 42.9 Å². The van der Waals surface area contributed by atoms with Crippen LogP contribution in [0, 0.1) is 0 Å². The lowest BCUT2D eigenvalue weighted by Crippen LogP contribution is -2.25. The molecule has 1 aliphatic rings. The van der Waals surface area contributed by atoms with Crippen LogP contribution in [-0.2, 0) is 9.47 Å². The number of rotatable bonds is 3. The fourth-order valence-electron chi connectivity index (χ4n) is 2.14. The van der Waals surface area contributed by atoms with Crippen molar-refractivity contribution in [1.29, 1.82) is 0 Å². The van der Waals surface area contributed by atoms with E-state index in [-0.39, 0.29) is 21.6 Å². The van der Waals surface area contributed by atoms with Crippen molar-refractivity contribution in [2.24, 2.45) is 0 Å². The van der Waals surface area contributed by atoms with E-state index in [1.807, 2.05) is 0 Å². The zero-order valence-corrected chi connectivity index (χ0v) is 13.2. The number of carbonyl (C=O) groups is 2. The molecule has 0 aromatic heterocycles. The summed E-state index contributed by atoms with van der Waals surface area (Å²) in [5.41, 5.74) is 0.718. The Morgan fingerprint density at radius 1 is 1.17 bits per heavy atom. The lowest BCUT2D eigenvalue weighted by atomic mass is 9.92. The SMILES string of the molecule is CC1=C(OC(=O)O)C(c2cccc(Cl)c2Cl)C(OC(=O)O)=CN1. The maximum absolute atomic E-state index is 11.0. The molecule has 1 aliphatic heterocycles. The highest BCUT2D eigenvalue weighted by Gasteiger charge is 2.34. The molecule has 1 atom stereocenters. The molecule has 0 spiro atoms. The zero-order chi connectivity index (χ0) is 17.1. The van der Waals surface area contributed by atoms with Crippen LogP contribution in [-0.4, -0.2) is 22.5 Å². The Bertz CT molecular complexity index is 728. The van der Waals surface area contributed by atoms with Crippen molar-refractivity contribution in [3.8, 4) is 0 Å². The summed E-state index contributed by atoms with van der Waals surface area (Å²) in [6, 6.07) is 4.71. The predicted molar refractivity (Wildman–Crippen MR) is 81.3 cm³/mol. The Kier molecular flexibility index (Phi) is 5.02. The van der Waals surface area contributed by atoms with Crippen LogP contribution in [0.1, 0.15) is 18.4 Å². The minimum Gasteiger partial charge on any atom is -0.449 e. The van der Waals surface area contributed by atoms with Crippen molar-refractivity contribution in [2.45, 2.75) is 12.8 Å². The van der Waals surface area contributed by atoms with Crippen molar-refractivity contribution in [3.63, 3.8) is 0 Å². The monoisotopic (exact) mass is 359 g/mol. The minimum absolute atomic E-state index is 0.0552. The van der Waals surface area contributed by atoms with Gasteiger partial charge in [0, 0.05) is 6.20 Å². The number of allylic oxidation sites excluding steroid dienone is 1. The van der Waals surface area contributed by atoms with Gasteiger partial charge in [0.05, 0.1) is 15.7 Å². The second kappa shape index (κ2) is 6.80. The lowest BCUT2D eigenvalue weighted by Gasteiger charge is -2.27. The normalized spacial score (nSPS) is 17.2. The van der Waals surface area contributed by atoms with Gasteiger partial charge >= 0.3 is 12.3 Å². The van der Waals surface area contributed by atoms with Gasteiger partial charge in [-0.1, -0.05) is 35.3 Å². The third kappa shape index (κ3) is 3.69. The Morgan fingerprint density at radius 2 is 1.83 bits per heavy atom. The van der Waals surface area contributed by atoms with Crippen molar-refractivity contribution >= 4 is 35.5 Å². The summed E-state index contributed by atoms with van der Waals surface area (Å²) < 4.78 is 9.52. The minimum atomic E-state index is -1.56. The van der Waals surface area contributed by atoms with Gasteiger partial charge in [-0.25, -0.2) is 9.59 Å². The summed E-state index contributed by atoms with van der Waals surface area (Å²) in [5.74, 6) is -1.13. The van der Waals surface area contributed by atoms with Gasteiger partial charge in [0.25, 0.3) is 0 Å². The molecule has 0 radical (unpaired) electrons. The number of benzene rings is 1. The third-order valence-electron chi connectivity index (χ3n) is 3.04. The number of nitrogens with one attached hydrogen (secondary N) is 1. The molecule has 1 unspecified atom stereocenters. The number of ether oxygens (including phenoxy) is 2. The first-order chi connectivity index (χ1) is 10.8. The number of hydrogen-bond acceptors (Lipinski definition) is 5. The highest BCUT2D eigenvalue weighted by Crippen LogP contribution is 2.41. The third-order valence-corrected chi connectivity index (χ3v) is 3.88. The largest absolute Gasteiger partial charge is 0.511 e. The van der Waals surface area contributed by atoms with Crippen molar-refractivity contribution in [1.82, 2.24) is 5.32 Å². The van der Waals surface area contributed by atoms with Crippen LogP contribution >= 0.6 is 23.2 Å². The van der Waals surface area contributed by atoms with Gasteiger partial charge in [-0.05, 0) is 18.6 Å². The van der Waals surface area contributed by atoms with E-state index < -0.39 is 18.2 Å². The number of hydrogen-bond donors (Lipinski definition) is 3. The summed E-state index contributed by atoms with van der Waals surface area (Å²) in [6.07, 6.45) is -1.82. The molecule has 0 aliphatic carbocycles. The van der Waals surface area contributed by atoms with Gasteiger partial charge in [-0.3, -0.25) is 0 Å². The first-order valence-electron chi connectivity index (χ1n) is 6.24. The Hall–Kier alpha value is -2.38. The van der Waals surface area contributed by atoms with Crippen molar-refractivity contribution < 1.29 is 29.3 Å². The van der Waals surface area contributed by atoms with E-state index in [9.17, 15) is 9.59 Å². The van der Waals surface area contributed by atoms with Gasteiger partial charge in [0.2, 0.25) is 0 Å². The van der Waals surface area contributed by atoms with Gasteiger partial charge in [-0.15, -0.1) is 0 Å². The quantitative estimate of drug-likeness (QED) is 0.696. The van der Waals surface area contributed by atoms with Gasteiger partial charge in [-0.2, -0.15) is 0 Å². The highest BCUT2D eigenvalue weighted by atomic mass is 35.5. The molecule has 1 aromatic carbocycles. The fraction of sp³-hybridized carbons (Fsp3) is 0.143. The van der Waals surface area contributed by atoms with Crippen molar-refractivity contribution in [2.75, 3.05) is 0 Å². The van der Waals surface area contributed by atoms with Crippen LogP contribution in [0.15, 0.2) is 41.6 Å². The molecule has 0 saturated heterocycles. The van der Waals surface area contributed by atoms with Gasteiger partial charge < -0.3 is 25.0 Å². The van der Waals surface area contributed by atoms with E-state index in [0.717, 1.165) is 0 Å².